The zero-order chi connectivity index (χ0) is 17.3. The van der Waals surface area contributed by atoms with Gasteiger partial charge in [-0.1, -0.05) is 70.5 Å². The molecule has 4 rings (SSSR count). The first-order valence-electron chi connectivity index (χ1n) is 7.96. The Kier molecular flexibility index (Phi) is 8.40. The monoisotopic (exact) mass is 583 g/mol. The maximum atomic E-state index is 4.27. The Morgan fingerprint density at radius 2 is 1.08 bits per heavy atom. The van der Waals surface area contributed by atoms with E-state index in [-0.39, 0.29) is 21.1 Å². The Hall–Kier alpha value is -2.09. The molecule has 2 aromatic carbocycles. The molecule has 26 heavy (non-hydrogen) atoms. The van der Waals surface area contributed by atoms with Crippen molar-refractivity contribution in [2.45, 2.75) is 0 Å². The Balaban J connectivity index is 0.000000180. The summed E-state index contributed by atoms with van der Waals surface area (Å²) in [6.45, 7) is 0. The van der Waals surface area contributed by atoms with Crippen LogP contribution in [0.25, 0.3) is 22.5 Å². The van der Waals surface area contributed by atoms with Gasteiger partial charge in [0.15, 0.2) is 0 Å². The number of hydrogen-bond donors (Lipinski definition) is 0. The van der Waals surface area contributed by atoms with E-state index < -0.39 is 0 Å². The molecule has 0 spiro atoms. The first-order valence-corrected chi connectivity index (χ1v) is 8.75. The van der Waals surface area contributed by atoms with Crippen LogP contribution in [0.15, 0.2) is 108 Å². The van der Waals surface area contributed by atoms with Gasteiger partial charge < -0.3 is 0 Å². The summed E-state index contributed by atoms with van der Waals surface area (Å²) in [7, 11) is 0. The van der Waals surface area contributed by atoms with Gasteiger partial charge in [-0.2, -0.15) is 0 Å². The van der Waals surface area contributed by atoms with E-state index in [1.807, 2.05) is 79.0 Å². The van der Waals surface area contributed by atoms with Gasteiger partial charge in [0.2, 0.25) is 0 Å². The van der Waals surface area contributed by atoms with Gasteiger partial charge in [-0.15, -0.1) is 0 Å². The Bertz CT molecular complexity index is 863. The third-order valence-corrected chi connectivity index (χ3v) is 4.01. The minimum Gasteiger partial charge on any atom is -0.256 e. The smallest absolute Gasteiger partial charge is 0.0702 e. The van der Waals surface area contributed by atoms with E-state index in [1.165, 1.54) is 0 Å². The fourth-order valence-corrected chi connectivity index (χ4v) is 2.72. The molecule has 0 N–H and O–H groups in total. The van der Waals surface area contributed by atoms with E-state index in [0.717, 1.165) is 27.0 Å². The standard InChI is InChI=1S/C11H8BrN.C11H9N.Pt/c12-10-5-3-4-9(8-10)11-6-1-2-7-13-11;1-2-6-10(7-3-1)11-8-4-5-9-12-11;/h1-8H;1-9H;. The molecule has 0 unspecified atom stereocenters. The van der Waals surface area contributed by atoms with Crippen molar-refractivity contribution in [2.75, 3.05) is 0 Å². The molecule has 2 aromatic heterocycles. The molecule has 0 saturated carbocycles. The number of hydrogen-bond acceptors (Lipinski definition) is 2. The molecule has 4 aromatic rings. The van der Waals surface area contributed by atoms with Crippen LogP contribution in [0.3, 0.4) is 0 Å². The Morgan fingerprint density at radius 3 is 1.62 bits per heavy atom. The van der Waals surface area contributed by atoms with E-state index in [4.69, 9.17) is 0 Å². The van der Waals surface area contributed by atoms with Crippen LogP contribution in [-0.2, 0) is 21.1 Å². The second kappa shape index (κ2) is 10.8. The van der Waals surface area contributed by atoms with Gasteiger partial charge in [-0.3, -0.25) is 9.97 Å². The molecule has 0 aliphatic rings. The minimum absolute atomic E-state index is 0. The van der Waals surface area contributed by atoms with E-state index >= 15 is 0 Å². The largest absolute Gasteiger partial charge is 0.256 e. The van der Waals surface area contributed by atoms with Gasteiger partial charge >= 0.3 is 0 Å². The van der Waals surface area contributed by atoms with Gasteiger partial charge in [-0.25, -0.2) is 0 Å². The second-order valence-electron chi connectivity index (χ2n) is 5.31. The Labute approximate surface area is 176 Å². The molecular weight excluding hydrogens is 567 g/mol. The molecular formula is C22H17BrN2Pt. The first kappa shape index (κ1) is 20.2. The molecule has 0 aliphatic carbocycles. The normalized spacial score (nSPS) is 9.42. The first-order chi connectivity index (χ1) is 12.3. The van der Waals surface area contributed by atoms with Gasteiger partial charge in [0.1, 0.15) is 0 Å². The van der Waals surface area contributed by atoms with Crippen LogP contribution in [0.4, 0.5) is 0 Å². The zero-order valence-electron chi connectivity index (χ0n) is 13.9. The molecule has 2 heterocycles. The number of benzene rings is 2. The van der Waals surface area contributed by atoms with E-state index in [0.29, 0.717) is 0 Å². The molecule has 0 amide bonds. The maximum absolute atomic E-state index is 4.27. The predicted octanol–water partition coefficient (Wildman–Crippen LogP) is 6.26. The number of pyridine rings is 2. The summed E-state index contributed by atoms with van der Waals surface area (Å²) in [5, 5.41) is 0. The number of aromatic nitrogens is 2. The molecule has 4 heteroatoms. The van der Waals surface area contributed by atoms with Crippen LogP contribution in [0, 0.1) is 0 Å². The number of halogens is 1. The average molecular weight is 584 g/mol. The summed E-state index contributed by atoms with van der Waals surface area (Å²) in [6, 6.07) is 30.1. The number of rotatable bonds is 2. The average Bonchev–Trinajstić information content (AvgIpc) is 2.71. The summed E-state index contributed by atoms with van der Waals surface area (Å²) < 4.78 is 1.08. The topological polar surface area (TPSA) is 25.8 Å². The molecule has 0 bridgehead atoms. The summed E-state index contributed by atoms with van der Waals surface area (Å²) >= 11 is 3.43. The van der Waals surface area contributed by atoms with Crippen LogP contribution >= 0.6 is 15.9 Å². The van der Waals surface area contributed by atoms with Crippen LogP contribution in [0.1, 0.15) is 0 Å². The predicted molar refractivity (Wildman–Crippen MR) is 107 cm³/mol. The van der Waals surface area contributed by atoms with Gasteiger partial charge in [0.05, 0.1) is 11.4 Å². The van der Waals surface area contributed by atoms with E-state index in [9.17, 15) is 0 Å². The van der Waals surface area contributed by atoms with Crippen molar-refractivity contribution in [3.05, 3.63) is 108 Å². The Morgan fingerprint density at radius 1 is 0.538 bits per heavy atom. The van der Waals surface area contributed by atoms with Crippen molar-refractivity contribution in [2.24, 2.45) is 0 Å². The molecule has 0 aliphatic heterocycles. The third-order valence-electron chi connectivity index (χ3n) is 3.52. The van der Waals surface area contributed by atoms with Crippen LogP contribution in [0.2, 0.25) is 0 Å². The summed E-state index contributed by atoms with van der Waals surface area (Å²) in [5.74, 6) is 0. The van der Waals surface area contributed by atoms with Gasteiger partial charge in [0.25, 0.3) is 0 Å². The SMILES string of the molecule is Brc1cccc(-c2ccccn2)c1.[Pt].c1ccc(-c2ccccn2)cc1. The molecule has 0 atom stereocenters. The van der Waals surface area contributed by atoms with Crippen molar-refractivity contribution >= 4 is 15.9 Å². The summed E-state index contributed by atoms with van der Waals surface area (Å²) in [6.07, 6.45) is 3.61. The van der Waals surface area contributed by atoms with Crippen molar-refractivity contribution < 1.29 is 21.1 Å². The zero-order valence-corrected chi connectivity index (χ0v) is 17.8. The van der Waals surface area contributed by atoms with Crippen molar-refractivity contribution in [1.82, 2.24) is 9.97 Å². The van der Waals surface area contributed by atoms with Crippen LogP contribution in [0.5, 0.6) is 0 Å². The fourth-order valence-electron chi connectivity index (χ4n) is 2.32. The number of nitrogens with zero attached hydrogens (tertiary/aromatic N) is 2. The summed E-state index contributed by atoms with van der Waals surface area (Å²) in [5.41, 5.74) is 4.33. The van der Waals surface area contributed by atoms with E-state index in [1.54, 1.807) is 6.20 Å². The van der Waals surface area contributed by atoms with Gasteiger partial charge in [0, 0.05) is 49.1 Å². The summed E-state index contributed by atoms with van der Waals surface area (Å²) in [4.78, 5) is 8.52. The molecule has 0 saturated heterocycles. The van der Waals surface area contributed by atoms with Gasteiger partial charge in [-0.05, 0) is 36.4 Å². The second-order valence-corrected chi connectivity index (χ2v) is 6.22. The quantitative estimate of drug-likeness (QED) is 0.278. The fraction of sp³-hybridized carbons (Fsp3) is 0. The van der Waals surface area contributed by atoms with Crippen molar-refractivity contribution in [1.29, 1.82) is 0 Å². The molecule has 132 valence electrons. The van der Waals surface area contributed by atoms with Crippen LogP contribution in [-0.4, -0.2) is 9.97 Å². The van der Waals surface area contributed by atoms with Crippen molar-refractivity contribution in [3.8, 4) is 22.5 Å². The molecule has 0 fully saturated rings. The minimum atomic E-state index is 0. The van der Waals surface area contributed by atoms with Crippen molar-refractivity contribution in [3.63, 3.8) is 0 Å². The maximum Gasteiger partial charge on any atom is 0.0702 e. The third kappa shape index (κ3) is 6.01. The molecule has 2 nitrogen and oxygen atoms in total. The van der Waals surface area contributed by atoms with Crippen LogP contribution < -0.4 is 0 Å². The molecule has 0 radical (unpaired) electrons. The van der Waals surface area contributed by atoms with E-state index in [2.05, 4.69) is 44.1 Å².